The zero-order valence-electron chi connectivity index (χ0n) is 18.7. The molecule has 0 saturated carbocycles. The molecule has 1 aliphatic heterocycles. The van der Waals surface area contributed by atoms with Crippen LogP contribution in [0.1, 0.15) is 56.7 Å². The van der Waals surface area contributed by atoms with Crippen molar-refractivity contribution in [2.45, 2.75) is 39.7 Å². The number of para-hydroxylation sites is 1. The van der Waals surface area contributed by atoms with Crippen LogP contribution in [0.4, 0.5) is 10.5 Å². The maximum atomic E-state index is 13.5. The van der Waals surface area contributed by atoms with E-state index in [1.54, 1.807) is 42.5 Å². The summed E-state index contributed by atoms with van der Waals surface area (Å²) in [6.07, 6.45) is 1.83. The highest BCUT2D eigenvalue weighted by molar-refractivity contribution is 7.12. The normalized spacial score (nSPS) is 15.2. The summed E-state index contributed by atoms with van der Waals surface area (Å²) in [7, 11) is 0. The first kappa shape index (κ1) is 22.1. The van der Waals surface area contributed by atoms with Crippen LogP contribution in [0.25, 0.3) is 0 Å². The van der Waals surface area contributed by atoms with Crippen molar-refractivity contribution in [2.75, 3.05) is 18.5 Å². The number of carbonyl (C=O) groups excluding carboxylic acids is 2. The van der Waals surface area contributed by atoms with Gasteiger partial charge in [-0.3, -0.25) is 0 Å². The number of aryl methyl sites for hydroxylation is 1. The third-order valence-corrected chi connectivity index (χ3v) is 7.15. The Bertz CT molecular complexity index is 1120. The van der Waals surface area contributed by atoms with Crippen LogP contribution in [0, 0.1) is 6.92 Å². The molecule has 2 heterocycles. The van der Waals surface area contributed by atoms with Gasteiger partial charge in [-0.25, -0.2) is 9.59 Å². The SMILES string of the molecule is CCOC(=O)c1ccccc1NC(=O)N1CCc2c(sc(C)c2CC)[C@@H]1c1ccccc1. The van der Waals surface area contributed by atoms with Crippen molar-refractivity contribution in [1.29, 1.82) is 0 Å². The maximum absolute atomic E-state index is 13.5. The van der Waals surface area contributed by atoms with Gasteiger partial charge >= 0.3 is 12.0 Å². The molecule has 1 aliphatic rings. The number of nitrogens with one attached hydrogen (secondary N) is 1. The number of carbonyl (C=O) groups is 2. The number of rotatable bonds is 5. The highest BCUT2D eigenvalue weighted by Crippen LogP contribution is 2.43. The molecule has 0 spiro atoms. The monoisotopic (exact) mass is 448 g/mol. The van der Waals surface area contributed by atoms with Crippen molar-refractivity contribution in [3.05, 3.63) is 86.6 Å². The van der Waals surface area contributed by atoms with Gasteiger partial charge in [0.2, 0.25) is 0 Å². The predicted octanol–water partition coefficient (Wildman–Crippen LogP) is 5.98. The van der Waals surface area contributed by atoms with Crippen molar-refractivity contribution >= 4 is 29.0 Å². The van der Waals surface area contributed by atoms with E-state index in [0.29, 0.717) is 17.8 Å². The van der Waals surface area contributed by atoms with E-state index < -0.39 is 5.97 Å². The van der Waals surface area contributed by atoms with Gasteiger partial charge in [0.15, 0.2) is 0 Å². The summed E-state index contributed by atoms with van der Waals surface area (Å²) in [4.78, 5) is 30.3. The first-order chi connectivity index (χ1) is 15.5. The third-order valence-electron chi connectivity index (χ3n) is 5.91. The Kier molecular flexibility index (Phi) is 6.61. The number of thiophene rings is 1. The summed E-state index contributed by atoms with van der Waals surface area (Å²) in [6.45, 7) is 7.03. The van der Waals surface area contributed by atoms with Gasteiger partial charge in [0.1, 0.15) is 0 Å². The second-order valence-electron chi connectivity index (χ2n) is 7.79. The van der Waals surface area contributed by atoms with Crippen molar-refractivity contribution in [1.82, 2.24) is 4.90 Å². The molecule has 0 radical (unpaired) electrons. The lowest BCUT2D eigenvalue weighted by Gasteiger charge is -2.36. The second-order valence-corrected chi connectivity index (χ2v) is 9.04. The molecule has 0 saturated heterocycles. The standard InChI is InChI=1S/C26H28N2O3S/c1-4-19-17(3)32-24-20(19)15-16-28(23(24)18-11-7-6-8-12-18)26(30)27-22-14-10-9-13-21(22)25(29)31-5-2/h6-14,23H,4-5,15-16H2,1-3H3,(H,27,30)/t23-/m0/s1. The van der Waals surface area contributed by atoms with Gasteiger partial charge in [-0.15, -0.1) is 11.3 Å². The first-order valence-corrected chi connectivity index (χ1v) is 11.9. The number of benzene rings is 2. The zero-order chi connectivity index (χ0) is 22.7. The van der Waals surface area contributed by atoms with E-state index in [2.05, 4.69) is 31.3 Å². The number of hydrogen-bond acceptors (Lipinski definition) is 4. The fourth-order valence-electron chi connectivity index (χ4n) is 4.46. The van der Waals surface area contributed by atoms with Crippen LogP contribution in [-0.4, -0.2) is 30.1 Å². The molecule has 0 unspecified atom stereocenters. The van der Waals surface area contributed by atoms with Crippen LogP contribution in [-0.2, 0) is 17.6 Å². The maximum Gasteiger partial charge on any atom is 0.340 e. The Morgan fingerprint density at radius 3 is 2.53 bits per heavy atom. The van der Waals surface area contributed by atoms with Gasteiger partial charge in [0, 0.05) is 16.3 Å². The Labute approximate surface area is 193 Å². The number of ether oxygens (including phenoxy) is 1. The minimum Gasteiger partial charge on any atom is -0.462 e. The molecule has 0 aliphatic carbocycles. The van der Waals surface area contributed by atoms with Gasteiger partial charge in [-0.1, -0.05) is 49.4 Å². The molecule has 1 N–H and O–H groups in total. The van der Waals surface area contributed by atoms with Crippen molar-refractivity contribution in [2.24, 2.45) is 0 Å². The van der Waals surface area contributed by atoms with E-state index in [1.165, 1.54) is 20.9 Å². The summed E-state index contributed by atoms with van der Waals surface area (Å²) in [6, 6.07) is 16.8. The minimum atomic E-state index is -0.439. The quantitative estimate of drug-likeness (QED) is 0.489. The van der Waals surface area contributed by atoms with Crippen molar-refractivity contribution in [3.63, 3.8) is 0 Å². The number of fused-ring (bicyclic) bond motifs is 1. The smallest absolute Gasteiger partial charge is 0.340 e. The topological polar surface area (TPSA) is 58.6 Å². The van der Waals surface area contributed by atoms with Crippen LogP contribution in [0.5, 0.6) is 0 Å². The molecule has 1 atom stereocenters. The lowest BCUT2D eigenvalue weighted by Crippen LogP contribution is -2.42. The third kappa shape index (κ3) is 4.15. The number of hydrogen-bond donors (Lipinski definition) is 1. The van der Waals surface area contributed by atoms with Gasteiger partial charge < -0.3 is 15.0 Å². The molecule has 166 valence electrons. The van der Waals surface area contributed by atoms with Crippen molar-refractivity contribution < 1.29 is 14.3 Å². The molecule has 0 fully saturated rings. The number of amides is 2. The molecule has 0 bridgehead atoms. The van der Waals surface area contributed by atoms with Crippen molar-refractivity contribution in [3.8, 4) is 0 Å². The van der Waals surface area contributed by atoms with E-state index in [0.717, 1.165) is 18.4 Å². The Hall–Kier alpha value is -3.12. The molecule has 2 aromatic carbocycles. The minimum absolute atomic E-state index is 0.154. The largest absolute Gasteiger partial charge is 0.462 e. The van der Waals surface area contributed by atoms with Gasteiger partial charge in [0.25, 0.3) is 0 Å². The van der Waals surface area contributed by atoms with Gasteiger partial charge in [-0.2, -0.15) is 0 Å². The molecule has 2 amide bonds. The van der Waals surface area contributed by atoms with Crippen LogP contribution in [0.3, 0.4) is 0 Å². The number of nitrogens with zero attached hydrogens (tertiary/aromatic N) is 1. The molecular weight excluding hydrogens is 420 g/mol. The Morgan fingerprint density at radius 2 is 1.81 bits per heavy atom. The van der Waals surface area contributed by atoms with Crippen LogP contribution >= 0.6 is 11.3 Å². The first-order valence-electron chi connectivity index (χ1n) is 11.0. The Morgan fingerprint density at radius 1 is 1.09 bits per heavy atom. The average Bonchev–Trinajstić information content (AvgIpc) is 3.14. The zero-order valence-corrected chi connectivity index (χ0v) is 19.5. The summed E-state index contributed by atoms with van der Waals surface area (Å²) in [5.41, 5.74) is 4.71. The van der Waals surface area contributed by atoms with E-state index in [4.69, 9.17) is 4.74 Å². The Balaban J connectivity index is 1.70. The van der Waals surface area contributed by atoms with Gasteiger partial charge in [0.05, 0.1) is 23.9 Å². The number of anilines is 1. The van der Waals surface area contributed by atoms with E-state index in [1.807, 2.05) is 23.1 Å². The second kappa shape index (κ2) is 9.57. The molecule has 1 aromatic heterocycles. The average molecular weight is 449 g/mol. The summed E-state index contributed by atoms with van der Waals surface area (Å²) >= 11 is 1.79. The number of esters is 1. The fourth-order valence-corrected chi connectivity index (χ4v) is 5.90. The molecule has 6 heteroatoms. The van der Waals surface area contributed by atoms with Crippen LogP contribution in [0.15, 0.2) is 54.6 Å². The van der Waals surface area contributed by atoms with Gasteiger partial charge in [-0.05, 0) is 55.5 Å². The lowest BCUT2D eigenvalue weighted by molar-refractivity contribution is 0.0527. The molecule has 4 rings (SSSR count). The fraction of sp³-hybridized carbons (Fsp3) is 0.308. The summed E-state index contributed by atoms with van der Waals surface area (Å²) in [5.74, 6) is -0.439. The molecular formula is C26H28N2O3S. The van der Waals surface area contributed by atoms with Crippen LogP contribution < -0.4 is 5.32 Å². The summed E-state index contributed by atoms with van der Waals surface area (Å²) in [5, 5.41) is 2.98. The highest BCUT2D eigenvalue weighted by Gasteiger charge is 2.35. The van der Waals surface area contributed by atoms with Crippen LogP contribution in [0.2, 0.25) is 0 Å². The number of urea groups is 1. The molecule has 3 aromatic rings. The lowest BCUT2D eigenvalue weighted by atomic mass is 9.92. The van der Waals surface area contributed by atoms with E-state index in [-0.39, 0.29) is 18.7 Å². The van der Waals surface area contributed by atoms with E-state index in [9.17, 15) is 9.59 Å². The van der Waals surface area contributed by atoms with E-state index >= 15 is 0 Å². The predicted molar refractivity (Wildman–Crippen MR) is 129 cm³/mol. The highest BCUT2D eigenvalue weighted by atomic mass is 32.1. The molecule has 32 heavy (non-hydrogen) atoms. The summed E-state index contributed by atoms with van der Waals surface area (Å²) < 4.78 is 5.16. The molecule has 5 nitrogen and oxygen atoms in total.